The van der Waals surface area contributed by atoms with Crippen LogP contribution in [0.3, 0.4) is 0 Å². The Kier molecular flexibility index (Phi) is 4.71. The Morgan fingerprint density at radius 2 is 2.00 bits per heavy atom. The molecule has 5 rings (SSSR count). The average molecular weight is 379 g/mol. The van der Waals surface area contributed by atoms with Gasteiger partial charge in [0.1, 0.15) is 0 Å². The average Bonchev–Trinajstić information content (AvgIpc) is 3.04. The molecule has 8 heteroatoms. The van der Waals surface area contributed by atoms with Gasteiger partial charge in [-0.15, -0.1) is 0 Å². The Morgan fingerprint density at radius 3 is 2.60 bits per heavy atom. The molecule has 1 aromatic heterocycles. The van der Waals surface area contributed by atoms with E-state index in [2.05, 4.69) is 27.3 Å². The van der Waals surface area contributed by atoms with Crippen LogP contribution < -0.4 is 5.32 Å². The molecule has 0 spiro atoms. The number of piperidine rings is 3. The first-order chi connectivity index (χ1) is 12.1. The van der Waals surface area contributed by atoms with Crippen LogP contribution in [0.15, 0.2) is 38.8 Å². The van der Waals surface area contributed by atoms with Crippen LogP contribution in [0.25, 0.3) is 0 Å². The van der Waals surface area contributed by atoms with Gasteiger partial charge in [-0.3, -0.25) is 9.69 Å². The number of carbonyl (C=O) groups excluding carboxylic acids is 1. The van der Waals surface area contributed by atoms with Crippen molar-refractivity contribution >= 4 is 29.3 Å². The van der Waals surface area contributed by atoms with Gasteiger partial charge in [0.2, 0.25) is 0 Å². The zero-order valence-electron chi connectivity index (χ0n) is 13.8. The number of nitrogens with one attached hydrogen (secondary N) is 1. The number of benzene rings is 1. The molecule has 0 aliphatic carbocycles. The van der Waals surface area contributed by atoms with Crippen molar-refractivity contribution in [3.05, 3.63) is 35.2 Å². The minimum absolute atomic E-state index is 0.0111. The van der Waals surface area contributed by atoms with Gasteiger partial charge in [0.15, 0.2) is 0 Å². The summed E-state index contributed by atoms with van der Waals surface area (Å²) in [5.41, 5.74) is 0.663. The lowest BCUT2D eigenvalue weighted by Gasteiger charge is -2.49. The van der Waals surface area contributed by atoms with Crippen molar-refractivity contribution in [3.8, 4) is 0 Å². The topological polar surface area (TPSA) is 71.3 Å². The molecule has 2 aromatic rings. The highest BCUT2D eigenvalue weighted by Gasteiger charge is 2.40. The van der Waals surface area contributed by atoms with Crippen molar-refractivity contribution < 1.29 is 9.21 Å². The second-order valence-corrected chi connectivity index (χ2v) is 7.91. The molecule has 132 valence electrons. The Hall–Kier alpha value is -1.57. The van der Waals surface area contributed by atoms with E-state index in [1.165, 1.54) is 24.6 Å². The molecular weight excluding hydrogens is 360 g/mol. The van der Waals surface area contributed by atoms with E-state index in [0.29, 0.717) is 22.7 Å². The Labute approximate surface area is 155 Å². The molecule has 0 saturated carbocycles. The van der Waals surface area contributed by atoms with Crippen LogP contribution >= 0.6 is 23.4 Å². The molecule has 3 saturated heterocycles. The third-order valence-corrected chi connectivity index (χ3v) is 6.18. The summed E-state index contributed by atoms with van der Waals surface area (Å²) in [5.74, 6) is 0.587. The third kappa shape index (κ3) is 3.54. The minimum Gasteiger partial charge on any atom is -0.402 e. The summed E-state index contributed by atoms with van der Waals surface area (Å²) in [6.07, 6.45) is 2.36. The lowest BCUT2D eigenvalue weighted by atomic mass is 9.79. The Morgan fingerprint density at radius 1 is 1.28 bits per heavy atom. The zero-order chi connectivity index (χ0) is 17.4. The van der Waals surface area contributed by atoms with Crippen LogP contribution in [0, 0.1) is 5.92 Å². The van der Waals surface area contributed by atoms with Crippen molar-refractivity contribution in [2.24, 2.45) is 5.92 Å². The van der Waals surface area contributed by atoms with E-state index in [9.17, 15) is 4.79 Å². The predicted octanol–water partition coefficient (Wildman–Crippen LogP) is 3.09. The molecule has 0 unspecified atom stereocenters. The summed E-state index contributed by atoms with van der Waals surface area (Å²) < 4.78 is 5.13. The van der Waals surface area contributed by atoms with E-state index in [0.717, 1.165) is 18.0 Å². The maximum Gasteiger partial charge on any atom is 0.313 e. The van der Waals surface area contributed by atoms with Crippen LogP contribution in [0.5, 0.6) is 0 Å². The highest BCUT2D eigenvalue weighted by atomic mass is 35.5. The molecule has 0 radical (unpaired) electrons. The smallest absolute Gasteiger partial charge is 0.313 e. The van der Waals surface area contributed by atoms with Crippen molar-refractivity contribution in [2.75, 3.05) is 13.1 Å². The van der Waals surface area contributed by atoms with Gasteiger partial charge in [-0.2, -0.15) is 0 Å². The van der Waals surface area contributed by atoms with Gasteiger partial charge >= 0.3 is 5.35 Å². The molecule has 3 aliphatic heterocycles. The number of amides is 1. The first-order valence-corrected chi connectivity index (χ1v) is 9.61. The van der Waals surface area contributed by atoms with Gasteiger partial charge in [0, 0.05) is 22.5 Å². The molecule has 4 heterocycles. The number of rotatable bonds is 4. The minimum atomic E-state index is -0.0111. The normalized spacial score (nSPS) is 28.1. The van der Waals surface area contributed by atoms with E-state index in [1.807, 2.05) is 24.3 Å². The fraction of sp³-hybridized carbons (Fsp3) is 0.471. The number of carbonyl (C=O) groups is 1. The lowest BCUT2D eigenvalue weighted by molar-refractivity contribution is 0.0217. The van der Waals surface area contributed by atoms with Crippen molar-refractivity contribution in [1.82, 2.24) is 20.4 Å². The number of hydrogen-bond acceptors (Lipinski definition) is 6. The maximum atomic E-state index is 12.6. The van der Waals surface area contributed by atoms with Gasteiger partial charge in [0.05, 0.1) is 0 Å². The first kappa shape index (κ1) is 16.9. The Bertz CT molecular complexity index is 756. The summed E-state index contributed by atoms with van der Waals surface area (Å²) in [6.45, 7) is 4.53. The standard InChI is InChI=1S/C17H19ClN4O2S/c1-10-14(11-6-8-22(10)9-7-11)19-15(23)12-2-4-13(5-3-12)25-17-21-20-16(18)24-17/h2-5,10-11,14H,6-9H2,1H3,(H,19,23)/t10-,14+/m1/s1. The van der Waals surface area contributed by atoms with Crippen LogP contribution in [0.4, 0.5) is 0 Å². The fourth-order valence-electron chi connectivity index (χ4n) is 3.79. The second kappa shape index (κ2) is 6.97. The largest absolute Gasteiger partial charge is 0.402 e. The Balaban J connectivity index is 1.40. The molecule has 2 bridgehead atoms. The quantitative estimate of drug-likeness (QED) is 0.881. The summed E-state index contributed by atoms with van der Waals surface area (Å²) in [7, 11) is 0. The SMILES string of the molecule is C[C@@H]1[C@H](NC(=O)c2ccc(Sc3nnc(Cl)o3)cc2)C2CCN1CC2. The number of halogens is 1. The van der Waals surface area contributed by atoms with Crippen molar-refractivity contribution in [2.45, 2.75) is 42.0 Å². The van der Waals surface area contributed by atoms with Crippen LogP contribution in [0.1, 0.15) is 30.1 Å². The van der Waals surface area contributed by atoms with E-state index in [-0.39, 0.29) is 17.3 Å². The summed E-state index contributed by atoms with van der Waals surface area (Å²) in [6, 6.07) is 8.04. The molecule has 6 nitrogen and oxygen atoms in total. The van der Waals surface area contributed by atoms with Crippen LogP contribution in [-0.2, 0) is 0 Å². The molecule has 25 heavy (non-hydrogen) atoms. The molecule has 1 amide bonds. The van der Waals surface area contributed by atoms with Crippen molar-refractivity contribution in [3.63, 3.8) is 0 Å². The predicted molar refractivity (Wildman–Crippen MR) is 94.9 cm³/mol. The molecule has 1 N–H and O–H groups in total. The zero-order valence-corrected chi connectivity index (χ0v) is 15.4. The molecule has 3 fully saturated rings. The maximum absolute atomic E-state index is 12.6. The number of aromatic nitrogens is 2. The summed E-state index contributed by atoms with van der Waals surface area (Å²) in [5, 5.41) is 11.1. The van der Waals surface area contributed by atoms with Gasteiger partial charge in [0.25, 0.3) is 11.1 Å². The monoisotopic (exact) mass is 378 g/mol. The van der Waals surface area contributed by atoms with Gasteiger partial charge in [-0.1, -0.05) is 10.2 Å². The van der Waals surface area contributed by atoms with Crippen LogP contribution in [-0.4, -0.2) is 46.2 Å². The van der Waals surface area contributed by atoms with E-state index in [1.54, 1.807) is 0 Å². The van der Waals surface area contributed by atoms with E-state index >= 15 is 0 Å². The van der Waals surface area contributed by atoms with Crippen LogP contribution in [0.2, 0.25) is 5.35 Å². The molecule has 2 atom stereocenters. The first-order valence-electron chi connectivity index (χ1n) is 8.42. The number of nitrogens with zero attached hydrogens (tertiary/aromatic N) is 3. The van der Waals surface area contributed by atoms with Gasteiger partial charge in [-0.25, -0.2) is 0 Å². The van der Waals surface area contributed by atoms with E-state index < -0.39 is 0 Å². The molecular formula is C17H19ClN4O2S. The van der Waals surface area contributed by atoms with E-state index in [4.69, 9.17) is 16.0 Å². The second-order valence-electron chi connectivity index (χ2n) is 6.56. The molecule has 1 aromatic carbocycles. The summed E-state index contributed by atoms with van der Waals surface area (Å²) in [4.78, 5) is 16.0. The van der Waals surface area contributed by atoms with Gasteiger partial charge in [-0.05, 0) is 86.4 Å². The summed E-state index contributed by atoms with van der Waals surface area (Å²) >= 11 is 6.93. The lowest BCUT2D eigenvalue weighted by Crippen LogP contribution is -2.62. The number of fused-ring (bicyclic) bond motifs is 3. The highest BCUT2D eigenvalue weighted by Crippen LogP contribution is 2.32. The van der Waals surface area contributed by atoms with Crippen molar-refractivity contribution in [1.29, 1.82) is 0 Å². The highest BCUT2D eigenvalue weighted by molar-refractivity contribution is 7.99. The number of hydrogen-bond donors (Lipinski definition) is 1. The third-order valence-electron chi connectivity index (χ3n) is 5.18. The van der Waals surface area contributed by atoms with Gasteiger partial charge < -0.3 is 9.73 Å². The fourth-order valence-corrected chi connectivity index (χ4v) is 4.62. The molecule has 3 aliphatic rings.